The lowest BCUT2D eigenvalue weighted by molar-refractivity contribution is -0.384. The average Bonchev–Trinajstić information content (AvgIpc) is 2.79. The summed E-state index contributed by atoms with van der Waals surface area (Å²) in [5, 5.41) is 13.2. The first kappa shape index (κ1) is 13.4. The third-order valence-corrected chi connectivity index (χ3v) is 3.58. The topological polar surface area (TPSA) is 85.1 Å². The van der Waals surface area contributed by atoms with Crippen LogP contribution in [0.25, 0.3) is 0 Å². The van der Waals surface area contributed by atoms with Crippen molar-refractivity contribution >= 4 is 34.5 Å². The smallest absolute Gasteiger partial charge is 0.299 e. The fraction of sp³-hybridized carbons (Fsp3) is 0.0909. The SMILES string of the molecule is O=C(NCc1ccccn1)c1cc([N+](=O)[O-])c(Cl)s1. The summed E-state index contributed by atoms with van der Waals surface area (Å²) in [6.07, 6.45) is 1.62. The van der Waals surface area contributed by atoms with E-state index in [0.29, 0.717) is 5.69 Å². The Kier molecular flexibility index (Phi) is 4.08. The number of halogens is 1. The Morgan fingerprint density at radius 3 is 2.89 bits per heavy atom. The maximum Gasteiger partial charge on any atom is 0.299 e. The quantitative estimate of drug-likeness (QED) is 0.694. The second-order valence-corrected chi connectivity index (χ2v) is 5.18. The molecule has 2 rings (SSSR count). The number of aromatic nitrogens is 1. The number of hydrogen-bond donors (Lipinski definition) is 1. The lowest BCUT2D eigenvalue weighted by Crippen LogP contribution is -2.22. The van der Waals surface area contributed by atoms with Crippen LogP contribution in [-0.4, -0.2) is 15.8 Å². The maximum atomic E-state index is 11.8. The molecule has 1 amide bonds. The molecule has 0 aliphatic rings. The van der Waals surface area contributed by atoms with Gasteiger partial charge in [0.15, 0.2) is 4.34 Å². The van der Waals surface area contributed by atoms with Crippen LogP contribution in [0, 0.1) is 10.1 Å². The molecule has 0 bridgehead atoms. The molecule has 8 heteroatoms. The van der Waals surface area contributed by atoms with Crippen molar-refractivity contribution in [1.29, 1.82) is 0 Å². The monoisotopic (exact) mass is 297 g/mol. The van der Waals surface area contributed by atoms with E-state index in [1.54, 1.807) is 24.4 Å². The molecule has 2 aromatic heterocycles. The van der Waals surface area contributed by atoms with E-state index in [0.717, 1.165) is 11.3 Å². The molecule has 0 aromatic carbocycles. The van der Waals surface area contributed by atoms with E-state index in [9.17, 15) is 14.9 Å². The van der Waals surface area contributed by atoms with E-state index in [2.05, 4.69) is 10.3 Å². The average molecular weight is 298 g/mol. The number of rotatable bonds is 4. The Labute approximate surface area is 117 Å². The minimum atomic E-state index is -0.617. The summed E-state index contributed by atoms with van der Waals surface area (Å²) in [7, 11) is 0. The third kappa shape index (κ3) is 3.27. The Balaban J connectivity index is 2.04. The molecule has 98 valence electrons. The number of hydrogen-bond acceptors (Lipinski definition) is 5. The molecule has 6 nitrogen and oxygen atoms in total. The molecule has 0 aliphatic carbocycles. The van der Waals surface area contributed by atoms with Gasteiger partial charge in [-0.25, -0.2) is 0 Å². The normalized spacial score (nSPS) is 10.2. The fourth-order valence-electron chi connectivity index (χ4n) is 1.36. The van der Waals surface area contributed by atoms with Gasteiger partial charge in [0.2, 0.25) is 0 Å². The number of thiophene rings is 1. The van der Waals surface area contributed by atoms with Crippen LogP contribution in [-0.2, 0) is 6.54 Å². The van der Waals surface area contributed by atoms with Crippen molar-refractivity contribution in [3.8, 4) is 0 Å². The first-order valence-electron chi connectivity index (χ1n) is 5.20. The second-order valence-electron chi connectivity index (χ2n) is 3.53. The molecule has 2 aromatic rings. The van der Waals surface area contributed by atoms with Crippen LogP contribution in [0.3, 0.4) is 0 Å². The first-order chi connectivity index (χ1) is 9.08. The van der Waals surface area contributed by atoms with Crippen LogP contribution in [0.1, 0.15) is 15.4 Å². The zero-order valence-corrected chi connectivity index (χ0v) is 11.1. The highest BCUT2D eigenvalue weighted by molar-refractivity contribution is 7.18. The summed E-state index contributed by atoms with van der Waals surface area (Å²) in [6.45, 7) is 0.253. The molecule has 2 heterocycles. The molecule has 1 N–H and O–H groups in total. The number of carbonyl (C=O) groups is 1. The van der Waals surface area contributed by atoms with Crippen LogP contribution < -0.4 is 5.32 Å². The maximum absolute atomic E-state index is 11.8. The molecule has 0 atom stereocenters. The number of nitrogens with zero attached hydrogens (tertiary/aromatic N) is 2. The van der Waals surface area contributed by atoms with Crippen LogP contribution in [0.4, 0.5) is 5.69 Å². The number of pyridine rings is 1. The van der Waals surface area contributed by atoms with Crippen molar-refractivity contribution < 1.29 is 9.72 Å². The van der Waals surface area contributed by atoms with Crippen molar-refractivity contribution in [2.45, 2.75) is 6.54 Å². The minimum absolute atomic E-state index is 0.00649. The number of nitrogens with one attached hydrogen (secondary N) is 1. The largest absolute Gasteiger partial charge is 0.346 e. The van der Waals surface area contributed by atoms with E-state index in [-0.39, 0.29) is 21.4 Å². The van der Waals surface area contributed by atoms with Gasteiger partial charge >= 0.3 is 0 Å². The first-order valence-corrected chi connectivity index (χ1v) is 6.39. The Bertz CT molecular complexity index is 615. The Morgan fingerprint density at radius 2 is 2.32 bits per heavy atom. The highest BCUT2D eigenvalue weighted by atomic mass is 35.5. The van der Waals surface area contributed by atoms with Gasteiger partial charge in [0, 0.05) is 12.3 Å². The second kappa shape index (κ2) is 5.77. The molecule has 0 radical (unpaired) electrons. The summed E-state index contributed by atoms with van der Waals surface area (Å²) < 4.78 is -0.00649. The van der Waals surface area contributed by atoms with E-state index >= 15 is 0 Å². The summed E-state index contributed by atoms with van der Waals surface area (Å²) in [6, 6.07) is 6.51. The summed E-state index contributed by atoms with van der Waals surface area (Å²) in [5.74, 6) is -0.411. The molecule has 19 heavy (non-hydrogen) atoms. The zero-order valence-electron chi connectivity index (χ0n) is 9.50. The minimum Gasteiger partial charge on any atom is -0.346 e. The van der Waals surface area contributed by atoms with Gasteiger partial charge in [-0.1, -0.05) is 17.7 Å². The molecular weight excluding hydrogens is 290 g/mol. The van der Waals surface area contributed by atoms with Crippen LogP contribution in [0.2, 0.25) is 4.34 Å². The van der Waals surface area contributed by atoms with Gasteiger partial charge in [-0.05, 0) is 12.1 Å². The summed E-state index contributed by atoms with van der Waals surface area (Å²) in [4.78, 5) is 26.1. The Hall–Kier alpha value is -1.99. The lowest BCUT2D eigenvalue weighted by Gasteiger charge is -2.01. The van der Waals surface area contributed by atoms with Gasteiger partial charge in [0.05, 0.1) is 17.2 Å². The van der Waals surface area contributed by atoms with E-state index in [1.165, 1.54) is 6.07 Å². The molecule has 0 saturated heterocycles. The molecular formula is C11H8ClN3O3S. The summed E-state index contributed by atoms with van der Waals surface area (Å²) >= 11 is 6.56. The third-order valence-electron chi connectivity index (χ3n) is 2.25. The van der Waals surface area contributed by atoms with Crippen LogP contribution in [0.15, 0.2) is 30.5 Å². The molecule has 0 spiro atoms. The van der Waals surface area contributed by atoms with Gasteiger partial charge < -0.3 is 5.32 Å². The fourth-order valence-corrected chi connectivity index (χ4v) is 2.50. The van der Waals surface area contributed by atoms with Gasteiger partial charge in [0.1, 0.15) is 4.88 Å². The van der Waals surface area contributed by atoms with E-state index < -0.39 is 10.8 Å². The van der Waals surface area contributed by atoms with Gasteiger partial charge in [0.25, 0.3) is 11.6 Å². The number of nitro groups is 1. The van der Waals surface area contributed by atoms with Gasteiger partial charge in [-0.15, -0.1) is 11.3 Å². The molecule has 0 fully saturated rings. The van der Waals surface area contributed by atoms with Gasteiger partial charge in [-0.2, -0.15) is 0 Å². The van der Waals surface area contributed by atoms with Crippen molar-refractivity contribution in [1.82, 2.24) is 10.3 Å². The van der Waals surface area contributed by atoms with Crippen molar-refractivity contribution in [2.24, 2.45) is 0 Å². The predicted molar refractivity (Wildman–Crippen MR) is 71.4 cm³/mol. The standard InChI is InChI=1S/C11H8ClN3O3S/c12-10-8(15(17)18)5-9(19-10)11(16)14-6-7-3-1-2-4-13-7/h1-5H,6H2,(H,14,16). The molecule has 0 saturated carbocycles. The zero-order chi connectivity index (χ0) is 13.8. The van der Waals surface area contributed by atoms with E-state index in [4.69, 9.17) is 11.6 Å². The highest BCUT2D eigenvalue weighted by Gasteiger charge is 2.20. The van der Waals surface area contributed by atoms with Crippen LogP contribution in [0.5, 0.6) is 0 Å². The van der Waals surface area contributed by atoms with Crippen molar-refractivity contribution in [3.05, 3.63) is 55.5 Å². The van der Waals surface area contributed by atoms with E-state index in [1.807, 2.05) is 0 Å². The Morgan fingerprint density at radius 1 is 1.53 bits per heavy atom. The lowest BCUT2D eigenvalue weighted by atomic mass is 10.3. The number of carbonyl (C=O) groups excluding carboxylic acids is 1. The van der Waals surface area contributed by atoms with Crippen LogP contribution >= 0.6 is 22.9 Å². The van der Waals surface area contributed by atoms with Crippen molar-refractivity contribution in [2.75, 3.05) is 0 Å². The predicted octanol–water partition coefficient (Wildman–Crippen LogP) is 2.63. The van der Waals surface area contributed by atoms with Gasteiger partial charge in [-0.3, -0.25) is 19.9 Å². The molecule has 0 unspecified atom stereocenters. The summed E-state index contributed by atoms with van der Waals surface area (Å²) in [5.41, 5.74) is 0.447. The van der Waals surface area contributed by atoms with Crippen molar-refractivity contribution in [3.63, 3.8) is 0 Å². The highest BCUT2D eigenvalue weighted by Crippen LogP contribution is 2.33. The number of amides is 1. The molecule has 0 aliphatic heterocycles.